The van der Waals surface area contributed by atoms with Crippen molar-refractivity contribution in [1.82, 2.24) is 15.1 Å². The Balaban J connectivity index is 1.34. The summed E-state index contributed by atoms with van der Waals surface area (Å²) in [5.74, 6) is 2.69. The topological polar surface area (TPSA) is 46.9 Å². The SMILES string of the molecule is Cc1cc(C)n(CCCNC(=O)C[C@@H]2C[C@H]3CC[C@H]2C3)n1. The molecule has 2 saturated carbocycles. The second-order valence-electron chi connectivity index (χ2n) is 6.99. The number of carbonyl (C=O) groups excluding carboxylic acids is 1. The number of hydrogen-bond acceptors (Lipinski definition) is 2. The van der Waals surface area contributed by atoms with Gasteiger partial charge in [-0.1, -0.05) is 6.42 Å². The number of carbonyl (C=O) groups is 1. The zero-order valence-corrected chi connectivity index (χ0v) is 13.3. The van der Waals surface area contributed by atoms with E-state index in [0.29, 0.717) is 5.92 Å². The molecule has 2 bridgehead atoms. The lowest BCUT2D eigenvalue weighted by molar-refractivity contribution is -0.122. The quantitative estimate of drug-likeness (QED) is 0.819. The third-order valence-corrected chi connectivity index (χ3v) is 5.30. The summed E-state index contributed by atoms with van der Waals surface area (Å²) in [7, 11) is 0. The summed E-state index contributed by atoms with van der Waals surface area (Å²) >= 11 is 0. The number of nitrogens with zero attached hydrogens (tertiary/aromatic N) is 2. The van der Waals surface area contributed by atoms with Gasteiger partial charge in [-0.15, -0.1) is 0 Å². The van der Waals surface area contributed by atoms with Crippen LogP contribution in [0.1, 0.15) is 49.9 Å². The lowest BCUT2D eigenvalue weighted by Crippen LogP contribution is -2.28. The smallest absolute Gasteiger partial charge is 0.220 e. The van der Waals surface area contributed by atoms with Crippen molar-refractivity contribution in [1.29, 1.82) is 0 Å². The Morgan fingerprint density at radius 3 is 2.86 bits per heavy atom. The van der Waals surface area contributed by atoms with E-state index in [0.717, 1.165) is 43.5 Å². The molecule has 1 aromatic heterocycles. The summed E-state index contributed by atoms with van der Waals surface area (Å²) in [6, 6.07) is 2.09. The maximum Gasteiger partial charge on any atom is 0.220 e. The van der Waals surface area contributed by atoms with Gasteiger partial charge in [-0.3, -0.25) is 9.48 Å². The minimum Gasteiger partial charge on any atom is -0.356 e. The first kappa shape index (κ1) is 14.6. The van der Waals surface area contributed by atoms with Crippen molar-refractivity contribution >= 4 is 5.91 Å². The molecule has 4 heteroatoms. The van der Waals surface area contributed by atoms with Crippen LogP contribution in [0.2, 0.25) is 0 Å². The second-order valence-corrected chi connectivity index (χ2v) is 6.99. The summed E-state index contributed by atoms with van der Waals surface area (Å²) in [5, 5.41) is 7.53. The van der Waals surface area contributed by atoms with Crippen LogP contribution in [-0.4, -0.2) is 22.2 Å². The molecule has 21 heavy (non-hydrogen) atoms. The van der Waals surface area contributed by atoms with Crippen LogP contribution in [0, 0.1) is 31.6 Å². The number of hydrogen-bond donors (Lipinski definition) is 1. The summed E-state index contributed by atoms with van der Waals surface area (Å²) in [5.41, 5.74) is 2.26. The summed E-state index contributed by atoms with van der Waals surface area (Å²) in [6.45, 7) is 5.74. The third-order valence-electron chi connectivity index (χ3n) is 5.30. The highest BCUT2D eigenvalue weighted by Gasteiger charge is 2.39. The summed E-state index contributed by atoms with van der Waals surface area (Å²) in [4.78, 5) is 12.0. The van der Waals surface area contributed by atoms with Gasteiger partial charge in [0.25, 0.3) is 0 Å². The number of aryl methyl sites for hydroxylation is 3. The Hall–Kier alpha value is -1.32. The molecule has 2 fully saturated rings. The first-order chi connectivity index (χ1) is 10.1. The molecule has 116 valence electrons. The zero-order chi connectivity index (χ0) is 14.8. The van der Waals surface area contributed by atoms with E-state index in [1.807, 2.05) is 11.6 Å². The largest absolute Gasteiger partial charge is 0.356 e. The molecular weight excluding hydrogens is 262 g/mol. The monoisotopic (exact) mass is 289 g/mol. The van der Waals surface area contributed by atoms with Gasteiger partial charge in [0.15, 0.2) is 0 Å². The number of rotatable bonds is 6. The van der Waals surface area contributed by atoms with Crippen molar-refractivity contribution in [2.45, 2.75) is 58.9 Å². The molecule has 4 nitrogen and oxygen atoms in total. The molecule has 0 unspecified atom stereocenters. The highest BCUT2D eigenvalue weighted by atomic mass is 16.1. The lowest BCUT2D eigenvalue weighted by Gasteiger charge is -2.20. The molecule has 3 atom stereocenters. The molecule has 1 N–H and O–H groups in total. The van der Waals surface area contributed by atoms with Gasteiger partial charge >= 0.3 is 0 Å². The maximum absolute atomic E-state index is 12.0. The standard InChI is InChI=1S/C17H27N3O/c1-12-8-13(2)20(19-12)7-3-6-18-17(21)11-16-10-14-4-5-15(16)9-14/h8,14-16H,3-7,9-11H2,1-2H3,(H,18,21)/t14-,15-,16-/m0/s1. The molecule has 3 rings (SSSR count). The Kier molecular flexibility index (Phi) is 4.32. The molecule has 0 aliphatic heterocycles. The van der Waals surface area contributed by atoms with E-state index in [2.05, 4.69) is 23.4 Å². The second kappa shape index (κ2) is 6.20. The molecule has 1 aromatic rings. The predicted molar refractivity (Wildman–Crippen MR) is 82.9 cm³/mol. The van der Waals surface area contributed by atoms with E-state index in [9.17, 15) is 4.79 Å². The zero-order valence-electron chi connectivity index (χ0n) is 13.3. The summed E-state index contributed by atoms with van der Waals surface area (Å²) in [6.07, 6.45) is 7.15. The number of fused-ring (bicyclic) bond motifs is 2. The fourth-order valence-corrected chi connectivity index (χ4v) is 4.29. The Bertz CT molecular complexity index is 508. The van der Waals surface area contributed by atoms with Crippen LogP contribution in [0.25, 0.3) is 0 Å². The van der Waals surface area contributed by atoms with Gasteiger partial charge in [-0.25, -0.2) is 0 Å². The van der Waals surface area contributed by atoms with Gasteiger partial charge in [0, 0.05) is 25.2 Å². The van der Waals surface area contributed by atoms with Crippen molar-refractivity contribution in [3.8, 4) is 0 Å². The minimum atomic E-state index is 0.251. The Morgan fingerprint density at radius 2 is 2.24 bits per heavy atom. The van der Waals surface area contributed by atoms with Crippen LogP contribution in [-0.2, 0) is 11.3 Å². The van der Waals surface area contributed by atoms with Gasteiger partial charge in [0.2, 0.25) is 5.91 Å². The minimum absolute atomic E-state index is 0.251. The molecule has 1 heterocycles. The van der Waals surface area contributed by atoms with E-state index >= 15 is 0 Å². The van der Waals surface area contributed by atoms with Crippen LogP contribution in [0.3, 0.4) is 0 Å². The molecule has 0 radical (unpaired) electrons. The molecule has 2 aliphatic carbocycles. The van der Waals surface area contributed by atoms with Crippen molar-refractivity contribution in [2.75, 3.05) is 6.54 Å². The van der Waals surface area contributed by atoms with Crippen molar-refractivity contribution in [2.24, 2.45) is 17.8 Å². The van der Waals surface area contributed by atoms with Gasteiger partial charge in [-0.05, 0) is 63.4 Å². The average molecular weight is 289 g/mol. The number of amides is 1. The predicted octanol–water partition coefficient (Wildman–Crippen LogP) is 2.83. The van der Waals surface area contributed by atoms with Crippen LogP contribution in [0.4, 0.5) is 0 Å². The first-order valence-electron chi connectivity index (χ1n) is 8.39. The molecule has 0 aromatic carbocycles. The summed E-state index contributed by atoms with van der Waals surface area (Å²) < 4.78 is 2.03. The molecule has 1 amide bonds. The van der Waals surface area contributed by atoms with E-state index in [1.165, 1.54) is 31.4 Å². The number of aromatic nitrogens is 2. The highest BCUT2D eigenvalue weighted by Crippen LogP contribution is 2.49. The first-order valence-corrected chi connectivity index (χ1v) is 8.39. The van der Waals surface area contributed by atoms with Gasteiger partial charge < -0.3 is 5.32 Å². The van der Waals surface area contributed by atoms with E-state index in [4.69, 9.17) is 0 Å². The normalized spacial score (nSPS) is 27.2. The Morgan fingerprint density at radius 1 is 1.38 bits per heavy atom. The fourth-order valence-electron chi connectivity index (χ4n) is 4.29. The van der Waals surface area contributed by atoms with Crippen LogP contribution in [0.15, 0.2) is 6.07 Å². The van der Waals surface area contributed by atoms with Crippen molar-refractivity contribution in [3.63, 3.8) is 0 Å². The van der Waals surface area contributed by atoms with Crippen LogP contribution < -0.4 is 5.32 Å². The molecule has 0 saturated heterocycles. The van der Waals surface area contributed by atoms with E-state index < -0.39 is 0 Å². The van der Waals surface area contributed by atoms with Crippen molar-refractivity contribution in [3.05, 3.63) is 17.5 Å². The molecule has 0 spiro atoms. The average Bonchev–Trinajstić information content (AvgIpc) is 3.11. The van der Waals surface area contributed by atoms with Gasteiger partial charge in [0.05, 0.1) is 5.69 Å². The lowest BCUT2D eigenvalue weighted by atomic mass is 9.86. The van der Waals surface area contributed by atoms with Crippen molar-refractivity contribution < 1.29 is 4.79 Å². The van der Waals surface area contributed by atoms with Gasteiger partial charge in [0.1, 0.15) is 0 Å². The van der Waals surface area contributed by atoms with Gasteiger partial charge in [-0.2, -0.15) is 5.10 Å². The van der Waals surface area contributed by atoms with Crippen LogP contribution >= 0.6 is 0 Å². The number of nitrogens with one attached hydrogen (secondary N) is 1. The molecular formula is C17H27N3O. The Labute approximate surface area is 127 Å². The van der Waals surface area contributed by atoms with E-state index in [1.54, 1.807) is 0 Å². The maximum atomic E-state index is 12.0. The fraction of sp³-hybridized carbons (Fsp3) is 0.765. The highest BCUT2D eigenvalue weighted by molar-refractivity contribution is 5.76. The molecule has 2 aliphatic rings. The van der Waals surface area contributed by atoms with Crippen LogP contribution in [0.5, 0.6) is 0 Å². The van der Waals surface area contributed by atoms with E-state index in [-0.39, 0.29) is 5.91 Å². The third kappa shape index (κ3) is 3.47.